The van der Waals surface area contributed by atoms with Crippen LogP contribution in [0.1, 0.15) is 20.8 Å². The third-order valence-corrected chi connectivity index (χ3v) is 5.53. The summed E-state index contributed by atoms with van der Waals surface area (Å²) in [6.45, 7) is 7.90. The van der Waals surface area contributed by atoms with E-state index in [0.29, 0.717) is 0 Å². The molecule has 0 aliphatic carbocycles. The van der Waals surface area contributed by atoms with E-state index in [4.69, 9.17) is 0 Å². The minimum Gasteiger partial charge on any atom is -0.336 e. The Labute approximate surface area is 82.9 Å². The van der Waals surface area contributed by atoms with Gasteiger partial charge in [0.2, 0.25) is 0 Å². The van der Waals surface area contributed by atoms with Crippen molar-refractivity contribution < 1.29 is 0 Å². The van der Waals surface area contributed by atoms with Crippen LogP contribution in [0, 0.1) is 0 Å². The Morgan fingerprint density at radius 2 is 1.85 bits per heavy atom. The van der Waals surface area contributed by atoms with Crippen molar-refractivity contribution >= 4 is 14.1 Å². The lowest BCUT2D eigenvalue weighted by Gasteiger charge is -2.19. The Hall–Kier alpha value is -0.603. The summed E-state index contributed by atoms with van der Waals surface area (Å²) in [5.74, 6) is 0. The van der Waals surface area contributed by atoms with Crippen molar-refractivity contribution in [1.82, 2.24) is 4.98 Å². The first-order chi connectivity index (χ1) is 6.25. The van der Waals surface area contributed by atoms with Crippen molar-refractivity contribution in [3.05, 3.63) is 30.3 Å². The average molecular weight is 193 g/mol. The molecule has 0 saturated heterocycles. The van der Waals surface area contributed by atoms with Crippen LogP contribution in [0.2, 0.25) is 5.54 Å². The van der Waals surface area contributed by atoms with Crippen molar-refractivity contribution in [3.63, 3.8) is 0 Å². The second-order valence-electron chi connectivity index (χ2n) is 3.69. The average Bonchev–Trinajstić information content (AvgIpc) is 2.15. The van der Waals surface area contributed by atoms with Crippen molar-refractivity contribution in [2.45, 2.75) is 26.3 Å². The Kier molecular flexibility index (Phi) is 4.19. The zero-order valence-corrected chi connectivity index (χ0v) is 9.90. The van der Waals surface area contributed by atoms with Gasteiger partial charge in [-0.1, -0.05) is 51.1 Å². The van der Waals surface area contributed by atoms with E-state index in [1.807, 2.05) is 0 Å². The van der Waals surface area contributed by atoms with Crippen LogP contribution in [0.5, 0.6) is 0 Å². The first-order valence-corrected chi connectivity index (χ1v) is 6.86. The summed E-state index contributed by atoms with van der Waals surface area (Å²) in [5, 5.41) is 1.53. The lowest BCUT2D eigenvalue weighted by Crippen LogP contribution is -2.46. The summed E-state index contributed by atoms with van der Waals surface area (Å²) in [5.41, 5.74) is 0.780. The lowest BCUT2D eigenvalue weighted by molar-refractivity contribution is 0.925. The Balaban J connectivity index is 2.76. The van der Waals surface area contributed by atoms with Gasteiger partial charge in [-0.2, -0.15) is 0 Å². The first kappa shape index (κ1) is 10.5. The molecule has 0 fully saturated rings. The molecule has 0 aliphatic heterocycles. The van der Waals surface area contributed by atoms with E-state index in [9.17, 15) is 0 Å². The minimum absolute atomic E-state index is 0.780. The van der Waals surface area contributed by atoms with Crippen molar-refractivity contribution in [2.75, 3.05) is 6.54 Å². The molecular formula is C11H19NSi. The summed E-state index contributed by atoms with van der Waals surface area (Å²) in [6.07, 6.45) is 0. The van der Waals surface area contributed by atoms with Crippen LogP contribution in [0.25, 0.3) is 0 Å². The van der Waals surface area contributed by atoms with Crippen LogP contribution in [0.15, 0.2) is 30.3 Å². The van der Waals surface area contributed by atoms with Gasteiger partial charge in [-0.25, -0.2) is 0 Å². The molecule has 0 spiro atoms. The highest BCUT2D eigenvalue weighted by Gasteiger charge is 2.15. The maximum Gasteiger partial charge on any atom is 0.143 e. The molecule has 0 heterocycles. The molecule has 1 aromatic carbocycles. The van der Waals surface area contributed by atoms with E-state index in [0.717, 1.165) is 12.1 Å². The van der Waals surface area contributed by atoms with Gasteiger partial charge in [0.1, 0.15) is 8.96 Å². The second-order valence-corrected chi connectivity index (χ2v) is 7.05. The summed E-state index contributed by atoms with van der Waals surface area (Å²) >= 11 is 0. The fourth-order valence-corrected chi connectivity index (χ4v) is 4.17. The molecule has 0 bridgehead atoms. The van der Waals surface area contributed by atoms with Crippen LogP contribution >= 0.6 is 0 Å². The molecule has 1 aromatic rings. The molecule has 1 unspecified atom stereocenters. The Morgan fingerprint density at radius 3 is 2.31 bits per heavy atom. The maximum absolute atomic E-state index is 3.64. The number of rotatable bonds is 4. The summed E-state index contributed by atoms with van der Waals surface area (Å²) in [6, 6.07) is 10.9. The molecule has 72 valence electrons. The number of benzene rings is 1. The van der Waals surface area contributed by atoms with Gasteiger partial charge in [0.15, 0.2) is 0 Å². The smallest absolute Gasteiger partial charge is 0.143 e. The molecule has 2 heteroatoms. The molecule has 0 saturated carbocycles. The number of nitrogens with one attached hydrogen (secondary N) is 1. The summed E-state index contributed by atoms with van der Waals surface area (Å²) < 4.78 is 0. The Bertz CT molecular complexity index is 233. The van der Waals surface area contributed by atoms with Gasteiger partial charge in [-0.3, -0.25) is 0 Å². The molecule has 0 amide bonds. The zero-order chi connectivity index (χ0) is 9.68. The monoisotopic (exact) mass is 193 g/mol. The van der Waals surface area contributed by atoms with Crippen molar-refractivity contribution in [2.24, 2.45) is 0 Å². The fraction of sp³-hybridized carbons (Fsp3) is 0.455. The number of hydrogen-bond acceptors (Lipinski definition) is 1. The van der Waals surface area contributed by atoms with E-state index in [2.05, 4.69) is 56.1 Å². The third kappa shape index (κ3) is 2.97. The van der Waals surface area contributed by atoms with E-state index in [-0.39, 0.29) is 0 Å². The molecule has 1 rings (SSSR count). The van der Waals surface area contributed by atoms with E-state index >= 15 is 0 Å². The van der Waals surface area contributed by atoms with Gasteiger partial charge in [0, 0.05) is 0 Å². The van der Waals surface area contributed by atoms with Gasteiger partial charge < -0.3 is 4.98 Å². The van der Waals surface area contributed by atoms with Crippen LogP contribution in [0.4, 0.5) is 0 Å². The molecule has 1 atom stereocenters. The first-order valence-electron chi connectivity index (χ1n) is 5.04. The predicted molar refractivity (Wildman–Crippen MR) is 62.0 cm³/mol. The molecular weight excluding hydrogens is 174 g/mol. The predicted octanol–water partition coefficient (Wildman–Crippen LogP) is 1.64. The van der Waals surface area contributed by atoms with E-state index in [1.54, 1.807) is 0 Å². The van der Waals surface area contributed by atoms with E-state index < -0.39 is 8.96 Å². The molecule has 0 aliphatic rings. The highest BCUT2D eigenvalue weighted by Crippen LogP contribution is 2.04. The van der Waals surface area contributed by atoms with Crippen LogP contribution in [-0.2, 0) is 0 Å². The third-order valence-electron chi connectivity index (χ3n) is 2.25. The van der Waals surface area contributed by atoms with Gasteiger partial charge in [-0.05, 0) is 17.3 Å². The van der Waals surface area contributed by atoms with Gasteiger partial charge in [-0.15, -0.1) is 0 Å². The second kappa shape index (κ2) is 5.20. The van der Waals surface area contributed by atoms with Crippen molar-refractivity contribution in [1.29, 1.82) is 0 Å². The zero-order valence-electron chi connectivity index (χ0n) is 8.75. The van der Waals surface area contributed by atoms with Crippen LogP contribution < -0.4 is 10.2 Å². The minimum atomic E-state index is -0.915. The highest BCUT2D eigenvalue weighted by atomic mass is 28.3. The number of hydrogen-bond donors (Lipinski definition) is 1. The maximum atomic E-state index is 3.64. The standard InChI is InChI=1S/C11H19NSi/c1-4-12-13(10(2)3)11-8-6-5-7-9-11/h5-10,12-13H,4H2,1-3H3. The summed E-state index contributed by atoms with van der Waals surface area (Å²) in [7, 11) is -0.915. The molecule has 13 heavy (non-hydrogen) atoms. The van der Waals surface area contributed by atoms with Gasteiger partial charge >= 0.3 is 0 Å². The fourth-order valence-electron chi connectivity index (χ4n) is 1.62. The highest BCUT2D eigenvalue weighted by molar-refractivity contribution is 6.72. The van der Waals surface area contributed by atoms with Gasteiger partial charge in [0.25, 0.3) is 0 Å². The van der Waals surface area contributed by atoms with Crippen molar-refractivity contribution in [3.8, 4) is 0 Å². The molecule has 0 radical (unpaired) electrons. The SMILES string of the molecule is CCN[SiH](c1ccccc1)C(C)C. The van der Waals surface area contributed by atoms with Gasteiger partial charge in [0.05, 0.1) is 0 Å². The van der Waals surface area contributed by atoms with Crippen LogP contribution in [0.3, 0.4) is 0 Å². The molecule has 1 nitrogen and oxygen atoms in total. The topological polar surface area (TPSA) is 12.0 Å². The normalized spacial score (nSPS) is 13.2. The quantitative estimate of drug-likeness (QED) is 0.717. The largest absolute Gasteiger partial charge is 0.336 e. The summed E-state index contributed by atoms with van der Waals surface area (Å²) in [4.78, 5) is 3.64. The van der Waals surface area contributed by atoms with E-state index in [1.165, 1.54) is 5.19 Å². The lowest BCUT2D eigenvalue weighted by atomic mass is 10.4. The Morgan fingerprint density at radius 1 is 1.23 bits per heavy atom. The molecule has 1 N–H and O–H groups in total. The van der Waals surface area contributed by atoms with Crippen LogP contribution in [-0.4, -0.2) is 15.5 Å². The molecule has 0 aromatic heterocycles.